The highest BCUT2D eigenvalue weighted by atomic mass is 35.5. The molecule has 3 nitrogen and oxygen atoms in total. The van der Waals surface area contributed by atoms with E-state index in [9.17, 15) is 9.90 Å². The lowest BCUT2D eigenvalue weighted by molar-refractivity contribution is 0.112. The Morgan fingerprint density at radius 3 is 2.64 bits per heavy atom. The summed E-state index contributed by atoms with van der Waals surface area (Å²) < 4.78 is 0. The average Bonchev–Trinajstić information content (AvgIpc) is 2.55. The molecule has 22 heavy (non-hydrogen) atoms. The van der Waals surface area contributed by atoms with Gasteiger partial charge < -0.3 is 10.0 Å². The Morgan fingerprint density at radius 1 is 1.27 bits per heavy atom. The first-order valence-corrected chi connectivity index (χ1v) is 7.67. The number of halogens is 1. The standard InChI is InChI=1S/C18H20ClNO2/c1-3-20(16-7-8-17(19)13(2)9-16)18(12-22)15-6-4-5-14(10-15)11-21/h4-11,18,22H,3,12H2,1-2H3. The van der Waals surface area contributed by atoms with Gasteiger partial charge in [-0.15, -0.1) is 0 Å². The first kappa shape index (κ1) is 16.5. The molecule has 0 heterocycles. The second-order valence-electron chi connectivity index (χ2n) is 5.21. The number of carbonyl (C=O) groups excluding carboxylic acids is 1. The maximum atomic E-state index is 11.0. The Hall–Kier alpha value is -1.84. The van der Waals surface area contributed by atoms with Crippen LogP contribution >= 0.6 is 11.6 Å². The monoisotopic (exact) mass is 317 g/mol. The lowest BCUT2D eigenvalue weighted by Crippen LogP contribution is -2.31. The van der Waals surface area contributed by atoms with Crippen LogP contribution in [0.2, 0.25) is 5.02 Å². The van der Waals surface area contributed by atoms with Crippen molar-refractivity contribution in [2.75, 3.05) is 18.1 Å². The number of anilines is 1. The summed E-state index contributed by atoms with van der Waals surface area (Å²) in [4.78, 5) is 13.1. The average molecular weight is 318 g/mol. The van der Waals surface area contributed by atoms with E-state index in [0.29, 0.717) is 5.56 Å². The van der Waals surface area contributed by atoms with Gasteiger partial charge in [0.25, 0.3) is 0 Å². The van der Waals surface area contributed by atoms with Gasteiger partial charge in [0.2, 0.25) is 0 Å². The predicted octanol–water partition coefficient (Wildman–Crippen LogP) is 4.02. The zero-order valence-corrected chi connectivity index (χ0v) is 13.5. The van der Waals surface area contributed by atoms with E-state index in [0.717, 1.165) is 34.7 Å². The van der Waals surface area contributed by atoms with Crippen molar-refractivity contribution in [3.63, 3.8) is 0 Å². The van der Waals surface area contributed by atoms with Crippen LogP contribution in [-0.4, -0.2) is 24.5 Å². The third-order valence-corrected chi connectivity index (χ3v) is 4.22. The fourth-order valence-corrected chi connectivity index (χ4v) is 2.73. The Labute approximate surface area is 136 Å². The fourth-order valence-electron chi connectivity index (χ4n) is 2.61. The molecule has 2 aromatic carbocycles. The third-order valence-electron chi connectivity index (χ3n) is 3.79. The van der Waals surface area contributed by atoms with Crippen molar-refractivity contribution in [1.29, 1.82) is 0 Å². The number of aliphatic hydroxyl groups is 1. The molecule has 0 radical (unpaired) electrons. The summed E-state index contributed by atoms with van der Waals surface area (Å²) in [5, 5.41) is 10.6. The zero-order valence-electron chi connectivity index (χ0n) is 12.8. The van der Waals surface area contributed by atoms with E-state index in [1.165, 1.54) is 0 Å². The molecule has 1 N–H and O–H groups in total. The summed E-state index contributed by atoms with van der Waals surface area (Å²) in [7, 11) is 0. The van der Waals surface area contributed by atoms with Crippen LogP contribution in [0.15, 0.2) is 42.5 Å². The van der Waals surface area contributed by atoms with Gasteiger partial charge in [0.15, 0.2) is 0 Å². The first-order valence-electron chi connectivity index (χ1n) is 7.29. The van der Waals surface area contributed by atoms with Gasteiger partial charge in [-0.05, 0) is 49.2 Å². The molecule has 0 amide bonds. The van der Waals surface area contributed by atoms with Gasteiger partial charge in [-0.25, -0.2) is 0 Å². The van der Waals surface area contributed by atoms with Crippen molar-refractivity contribution in [2.24, 2.45) is 0 Å². The number of rotatable bonds is 6. The minimum Gasteiger partial charge on any atom is -0.394 e. The quantitative estimate of drug-likeness (QED) is 0.818. The number of hydrogen-bond acceptors (Lipinski definition) is 3. The predicted molar refractivity (Wildman–Crippen MR) is 90.9 cm³/mol. The second-order valence-corrected chi connectivity index (χ2v) is 5.61. The number of aliphatic hydroxyl groups excluding tert-OH is 1. The summed E-state index contributed by atoms with van der Waals surface area (Å²) >= 11 is 6.09. The molecule has 0 fully saturated rings. The summed E-state index contributed by atoms with van der Waals surface area (Å²) in [6.07, 6.45) is 0.820. The topological polar surface area (TPSA) is 40.5 Å². The molecule has 4 heteroatoms. The normalized spacial score (nSPS) is 12.0. The van der Waals surface area contributed by atoms with Crippen LogP contribution in [0.3, 0.4) is 0 Å². The molecule has 0 aliphatic heterocycles. The number of benzene rings is 2. The molecular weight excluding hydrogens is 298 g/mol. The van der Waals surface area contributed by atoms with Crippen LogP contribution < -0.4 is 4.90 Å². The van der Waals surface area contributed by atoms with E-state index >= 15 is 0 Å². The van der Waals surface area contributed by atoms with Crippen molar-refractivity contribution in [3.05, 3.63) is 64.2 Å². The van der Waals surface area contributed by atoms with Crippen molar-refractivity contribution in [3.8, 4) is 0 Å². The Kier molecular flexibility index (Phi) is 5.58. The second kappa shape index (κ2) is 7.43. The highest BCUT2D eigenvalue weighted by Crippen LogP contribution is 2.29. The fraction of sp³-hybridized carbons (Fsp3) is 0.278. The molecule has 2 aromatic rings. The van der Waals surface area contributed by atoms with Gasteiger partial charge in [0, 0.05) is 22.8 Å². The van der Waals surface area contributed by atoms with Crippen molar-refractivity contribution < 1.29 is 9.90 Å². The van der Waals surface area contributed by atoms with Crippen molar-refractivity contribution >= 4 is 23.6 Å². The van der Waals surface area contributed by atoms with Crippen molar-refractivity contribution in [2.45, 2.75) is 19.9 Å². The van der Waals surface area contributed by atoms with Crippen LogP contribution in [0.5, 0.6) is 0 Å². The molecule has 0 spiro atoms. The Bertz CT molecular complexity index is 657. The maximum absolute atomic E-state index is 11.0. The van der Waals surface area contributed by atoms with Gasteiger partial charge in [-0.1, -0.05) is 29.8 Å². The van der Waals surface area contributed by atoms with E-state index in [2.05, 4.69) is 4.90 Å². The third kappa shape index (κ3) is 3.49. The van der Waals surface area contributed by atoms with Crippen LogP contribution in [0, 0.1) is 6.92 Å². The van der Waals surface area contributed by atoms with Crippen LogP contribution in [0.4, 0.5) is 5.69 Å². The number of hydrogen-bond donors (Lipinski definition) is 1. The van der Waals surface area contributed by atoms with Gasteiger partial charge in [0.05, 0.1) is 12.6 Å². The summed E-state index contributed by atoms with van der Waals surface area (Å²) in [5.41, 5.74) is 3.52. The Morgan fingerprint density at radius 2 is 2.05 bits per heavy atom. The maximum Gasteiger partial charge on any atom is 0.150 e. The van der Waals surface area contributed by atoms with Gasteiger partial charge in [-0.2, -0.15) is 0 Å². The lowest BCUT2D eigenvalue weighted by atomic mass is 10.0. The highest BCUT2D eigenvalue weighted by Gasteiger charge is 2.19. The molecule has 116 valence electrons. The van der Waals surface area contributed by atoms with E-state index in [1.807, 2.05) is 50.2 Å². The molecule has 0 aliphatic rings. The minimum absolute atomic E-state index is 0.0299. The van der Waals surface area contributed by atoms with Gasteiger partial charge in [-0.3, -0.25) is 4.79 Å². The number of nitrogens with zero attached hydrogens (tertiary/aromatic N) is 1. The van der Waals surface area contributed by atoms with E-state index in [-0.39, 0.29) is 12.6 Å². The smallest absolute Gasteiger partial charge is 0.150 e. The number of likely N-dealkylation sites (N-methyl/N-ethyl adjacent to an activating group) is 1. The largest absolute Gasteiger partial charge is 0.394 e. The number of carbonyl (C=O) groups is 1. The molecule has 2 rings (SSSR count). The molecule has 1 atom stereocenters. The first-order chi connectivity index (χ1) is 10.6. The summed E-state index contributed by atoms with van der Waals surface area (Å²) in [5.74, 6) is 0. The number of aryl methyl sites for hydroxylation is 1. The highest BCUT2D eigenvalue weighted by molar-refractivity contribution is 6.31. The summed E-state index contributed by atoms with van der Waals surface area (Å²) in [6.45, 7) is 4.70. The molecule has 0 aromatic heterocycles. The zero-order chi connectivity index (χ0) is 16.1. The van der Waals surface area contributed by atoms with E-state index in [1.54, 1.807) is 6.07 Å². The molecule has 0 saturated carbocycles. The minimum atomic E-state index is -0.203. The van der Waals surface area contributed by atoms with Gasteiger partial charge >= 0.3 is 0 Å². The summed E-state index contributed by atoms with van der Waals surface area (Å²) in [6, 6.07) is 13.0. The lowest BCUT2D eigenvalue weighted by Gasteiger charge is -2.32. The Balaban J connectivity index is 2.41. The molecule has 0 aliphatic carbocycles. The SMILES string of the molecule is CCN(c1ccc(Cl)c(C)c1)C(CO)c1cccc(C=O)c1. The van der Waals surface area contributed by atoms with Crippen LogP contribution in [0.25, 0.3) is 0 Å². The molecule has 1 unspecified atom stereocenters. The van der Waals surface area contributed by atoms with Crippen molar-refractivity contribution in [1.82, 2.24) is 0 Å². The molecule has 0 saturated heterocycles. The van der Waals surface area contributed by atoms with E-state index in [4.69, 9.17) is 11.6 Å². The molecule has 0 bridgehead atoms. The number of aldehydes is 1. The van der Waals surface area contributed by atoms with Crippen LogP contribution in [0.1, 0.15) is 34.5 Å². The van der Waals surface area contributed by atoms with E-state index < -0.39 is 0 Å². The van der Waals surface area contributed by atoms with Gasteiger partial charge in [0.1, 0.15) is 6.29 Å². The molecular formula is C18H20ClNO2. The van der Waals surface area contributed by atoms with Crippen LogP contribution in [-0.2, 0) is 0 Å².